The van der Waals surface area contributed by atoms with E-state index in [1.54, 1.807) is 0 Å². The van der Waals surface area contributed by atoms with Crippen molar-refractivity contribution in [1.29, 1.82) is 0 Å². The second kappa shape index (κ2) is 7.85. The van der Waals surface area contributed by atoms with Crippen molar-refractivity contribution in [3.8, 4) is 0 Å². The molecule has 2 saturated heterocycles. The molecule has 4 nitrogen and oxygen atoms in total. The van der Waals surface area contributed by atoms with Gasteiger partial charge in [0.25, 0.3) is 0 Å². The molecule has 0 saturated carbocycles. The molecule has 0 radical (unpaired) electrons. The monoisotopic (exact) mass is 267 g/mol. The van der Waals surface area contributed by atoms with Gasteiger partial charge in [-0.25, -0.2) is 0 Å². The molecule has 1 N–H and O–H groups in total. The van der Waals surface area contributed by atoms with Crippen molar-refractivity contribution in [3.63, 3.8) is 0 Å². The number of amides is 1. The van der Waals surface area contributed by atoms with Crippen LogP contribution in [-0.4, -0.2) is 61.5 Å². The molecular formula is C15H29N3O. The molecule has 0 aromatic heterocycles. The fourth-order valence-electron chi connectivity index (χ4n) is 3.23. The topological polar surface area (TPSA) is 35.6 Å². The number of hydrogen-bond donors (Lipinski definition) is 1. The highest BCUT2D eigenvalue weighted by atomic mass is 16.2. The van der Waals surface area contributed by atoms with Crippen molar-refractivity contribution < 1.29 is 4.79 Å². The van der Waals surface area contributed by atoms with Crippen LogP contribution < -0.4 is 5.32 Å². The summed E-state index contributed by atoms with van der Waals surface area (Å²) in [5.41, 5.74) is 0. The van der Waals surface area contributed by atoms with E-state index in [1.165, 1.54) is 51.7 Å². The van der Waals surface area contributed by atoms with E-state index in [0.717, 1.165) is 25.9 Å². The molecule has 0 aromatic rings. The van der Waals surface area contributed by atoms with Crippen molar-refractivity contribution in [2.75, 3.05) is 39.8 Å². The van der Waals surface area contributed by atoms with E-state index in [1.807, 2.05) is 0 Å². The summed E-state index contributed by atoms with van der Waals surface area (Å²) < 4.78 is 0. The van der Waals surface area contributed by atoms with Gasteiger partial charge < -0.3 is 10.2 Å². The molecule has 2 aliphatic rings. The Morgan fingerprint density at radius 1 is 1.21 bits per heavy atom. The number of carbonyl (C=O) groups is 1. The van der Waals surface area contributed by atoms with Gasteiger partial charge in [0, 0.05) is 6.54 Å². The molecule has 1 amide bonds. The normalized spacial score (nSPS) is 26.2. The maximum Gasteiger partial charge on any atom is 0.237 e. The van der Waals surface area contributed by atoms with Gasteiger partial charge in [0.1, 0.15) is 0 Å². The van der Waals surface area contributed by atoms with Gasteiger partial charge in [0.05, 0.1) is 6.04 Å². The highest BCUT2D eigenvalue weighted by Crippen LogP contribution is 2.12. The minimum Gasteiger partial charge on any atom is -0.355 e. The highest BCUT2D eigenvalue weighted by molar-refractivity contribution is 5.81. The van der Waals surface area contributed by atoms with Crippen molar-refractivity contribution in [2.24, 2.45) is 0 Å². The largest absolute Gasteiger partial charge is 0.355 e. The van der Waals surface area contributed by atoms with Crippen LogP contribution in [0.2, 0.25) is 0 Å². The average Bonchev–Trinajstić information content (AvgIpc) is 2.64. The Bertz CT molecular complexity index is 277. The molecule has 0 aromatic carbocycles. The molecule has 0 unspecified atom stereocenters. The first-order chi connectivity index (χ1) is 9.27. The summed E-state index contributed by atoms with van der Waals surface area (Å²) in [4.78, 5) is 16.8. The maximum absolute atomic E-state index is 12.0. The Morgan fingerprint density at radius 2 is 2.00 bits per heavy atom. The predicted molar refractivity (Wildman–Crippen MR) is 78.2 cm³/mol. The minimum atomic E-state index is 0.101. The van der Waals surface area contributed by atoms with E-state index < -0.39 is 0 Å². The van der Waals surface area contributed by atoms with Gasteiger partial charge in [-0.3, -0.25) is 9.69 Å². The quantitative estimate of drug-likeness (QED) is 0.819. The zero-order chi connectivity index (χ0) is 13.5. The molecule has 2 heterocycles. The molecule has 0 bridgehead atoms. The molecule has 1 atom stereocenters. The second-order valence-electron chi connectivity index (χ2n) is 6.04. The Balaban J connectivity index is 1.67. The molecule has 0 spiro atoms. The van der Waals surface area contributed by atoms with E-state index in [9.17, 15) is 4.79 Å². The number of nitrogens with zero attached hydrogens (tertiary/aromatic N) is 2. The van der Waals surface area contributed by atoms with Gasteiger partial charge in [-0.05, 0) is 71.8 Å². The van der Waals surface area contributed by atoms with E-state index >= 15 is 0 Å². The number of likely N-dealkylation sites (N-methyl/N-ethyl adjacent to an activating group) is 1. The maximum atomic E-state index is 12.0. The van der Waals surface area contributed by atoms with Gasteiger partial charge in [-0.1, -0.05) is 6.42 Å². The van der Waals surface area contributed by atoms with Gasteiger partial charge >= 0.3 is 0 Å². The van der Waals surface area contributed by atoms with Crippen molar-refractivity contribution in [1.82, 2.24) is 15.1 Å². The summed E-state index contributed by atoms with van der Waals surface area (Å²) in [6.45, 7) is 5.63. The fraction of sp³-hybridized carbons (Fsp3) is 0.933. The van der Waals surface area contributed by atoms with E-state index in [4.69, 9.17) is 0 Å². The third-order valence-corrected chi connectivity index (χ3v) is 4.47. The van der Waals surface area contributed by atoms with Crippen LogP contribution in [0.5, 0.6) is 0 Å². The smallest absolute Gasteiger partial charge is 0.237 e. The van der Waals surface area contributed by atoms with Crippen LogP contribution in [0.25, 0.3) is 0 Å². The Kier molecular flexibility index (Phi) is 6.11. The SMILES string of the molecule is CN(CCCN1CCCCC1)[C@@H]1CCCCNC1=O. The molecule has 110 valence electrons. The minimum absolute atomic E-state index is 0.101. The summed E-state index contributed by atoms with van der Waals surface area (Å²) in [6.07, 6.45) is 8.62. The number of nitrogens with one attached hydrogen (secondary N) is 1. The number of likely N-dealkylation sites (tertiary alicyclic amines) is 1. The van der Waals surface area contributed by atoms with Crippen LogP contribution >= 0.6 is 0 Å². The van der Waals surface area contributed by atoms with Crippen LogP contribution in [0.4, 0.5) is 0 Å². The number of hydrogen-bond acceptors (Lipinski definition) is 3. The highest BCUT2D eigenvalue weighted by Gasteiger charge is 2.24. The molecule has 0 aliphatic carbocycles. The predicted octanol–water partition coefficient (Wildman–Crippen LogP) is 1.46. The van der Waals surface area contributed by atoms with Gasteiger partial charge in [0.15, 0.2) is 0 Å². The van der Waals surface area contributed by atoms with Gasteiger partial charge in [-0.2, -0.15) is 0 Å². The van der Waals surface area contributed by atoms with Crippen molar-refractivity contribution in [3.05, 3.63) is 0 Å². The van der Waals surface area contributed by atoms with Crippen molar-refractivity contribution in [2.45, 2.75) is 51.0 Å². The van der Waals surface area contributed by atoms with Crippen molar-refractivity contribution >= 4 is 5.91 Å². The second-order valence-corrected chi connectivity index (χ2v) is 6.04. The summed E-state index contributed by atoms with van der Waals surface area (Å²) in [5.74, 6) is 0.234. The molecule has 2 fully saturated rings. The first-order valence-corrected chi connectivity index (χ1v) is 7.97. The number of piperidine rings is 1. The van der Waals surface area contributed by atoms with Crippen LogP contribution in [0.15, 0.2) is 0 Å². The van der Waals surface area contributed by atoms with E-state index in [-0.39, 0.29) is 11.9 Å². The van der Waals surface area contributed by atoms with Crippen LogP contribution in [0.1, 0.15) is 44.9 Å². The zero-order valence-corrected chi connectivity index (χ0v) is 12.4. The molecule has 2 rings (SSSR count). The lowest BCUT2D eigenvalue weighted by atomic mass is 10.1. The molecule has 4 heteroatoms. The Labute approximate surface area is 117 Å². The lowest BCUT2D eigenvalue weighted by molar-refractivity contribution is -0.125. The zero-order valence-electron chi connectivity index (χ0n) is 12.4. The fourth-order valence-corrected chi connectivity index (χ4v) is 3.23. The summed E-state index contributed by atoms with van der Waals surface area (Å²) in [6, 6.07) is 0.101. The Morgan fingerprint density at radius 3 is 2.79 bits per heavy atom. The lowest BCUT2D eigenvalue weighted by Gasteiger charge is -2.29. The first-order valence-electron chi connectivity index (χ1n) is 7.97. The number of carbonyl (C=O) groups excluding carboxylic acids is 1. The first kappa shape index (κ1) is 14.8. The third-order valence-electron chi connectivity index (χ3n) is 4.47. The molecule has 19 heavy (non-hydrogen) atoms. The molecular weight excluding hydrogens is 238 g/mol. The summed E-state index contributed by atoms with van der Waals surface area (Å²) >= 11 is 0. The molecule has 2 aliphatic heterocycles. The van der Waals surface area contributed by atoms with Crippen LogP contribution in [-0.2, 0) is 4.79 Å². The standard InChI is InChI=1S/C15H29N3O/c1-17(14-8-3-4-9-16-15(14)19)10-7-13-18-11-5-2-6-12-18/h14H,2-13H2,1H3,(H,16,19)/t14-/m1/s1. The van der Waals surface area contributed by atoms with Gasteiger partial charge in [0.2, 0.25) is 5.91 Å². The number of rotatable bonds is 5. The summed E-state index contributed by atoms with van der Waals surface area (Å²) in [7, 11) is 2.10. The van der Waals surface area contributed by atoms with Gasteiger partial charge in [-0.15, -0.1) is 0 Å². The lowest BCUT2D eigenvalue weighted by Crippen LogP contribution is -2.44. The summed E-state index contributed by atoms with van der Waals surface area (Å²) in [5, 5.41) is 3.02. The third kappa shape index (κ3) is 4.77. The Hall–Kier alpha value is -0.610. The van der Waals surface area contributed by atoms with E-state index in [0.29, 0.717) is 0 Å². The van der Waals surface area contributed by atoms with Crippen LogP contribution in [0, 0.1) is 0 Å². The average molecular weight is 267 g/mol. The van der Waals surface area contributed by atoms with E-state index in [2.05, 4.69) is 22.2 Å². The van der Waals surface area contributed by atoms with Crippen LogP contribution in [0.3, 0.4) is 0 Å².